The molecule has 4 rings (SSSR count). The quantitative estimate of drug-likeness (QED) is 0.498. The number of nitrogens with one attached hydrogen (secondary N) is 2. The number of aromatic amines is 1. The number of likely N-dealkylation sites (tertiary alicyclic amines) is 1. The number of hydrogen-bond acceptors (Lipinski definition) is 3. The summed E-state index contributed by atoms with van der Waals surface area (Å²) in [6, 6.07) is 14.6. The van der Waals surface area contributed by atoms with Gasteiger partial charge in [0.15, 0.2) is 0 Å². The molecule has 0 aliphatic carbocycles. The minimum atomic E-state index is -0.272. The van der Waals surface area contributed by atoms with Crippen molar-refractivity contribution < 1.29 is 13.9 Å². The maximum absolute atomic E-state index is 12.9. The molecular formula is C26H32FN3O2. The van der Waals surface area contributed by atoms with E-state index in [9.17, 15) is 9.18 Å². The fourth-order valence-corrected chi connectivity index (χ4v) is 4.42. The fraction of sp³-hybridized carbons (Fsp3) is 0.423. The van der Waals surface area contributed by atoms with Crippen LogP contribution in [-0.2, 0) is 22.6 Å². The lowest BCUT2D eigenvalue weighted by Gasteiger charge is -2.32. The number of nitrogens with zero attached hydrogens (tertiary/aromatic N) is 1. The number of amides is 1. The Morgan fingerprint density at radius 2 is 1.91 bits per heavy atom. The van der Waals surface area contributed by atoms with Gasteiger partial charge in [-0.15, -0.1) is 0 Å². The first-order valence-corrected chi connectivity index (χ1v) is 11.5. The molecule has 0 bridgehead atoms. The molecule has 5 nitrogen and oxygen atoms in total. The Labute approximate surface area is 189 Å². The maximum Gasteiger partial charge on any atom is 0.246 e. The number of hydrogen-bond donors (Lipinski definition) is 2. The van der Waals surface area contributed by atoms with Gasteiger partial charge in [-0.05, 0) is 74.0 Å². The average Bonchev–Trinajstić information content (AvgIpc) is 3.23. The van der Waals surface area contributed by atoms with Crippen LogP contribution < -0.4 is 5.32 Å². The van der Waals surface area contributed by atoms with Crippen molar-refractivity contribution in [3.63, 3.8) is 0 Å². The van der Waals surface area contributed by atoms with E-state index in [2.05, 4.69) is 45.7 Å². The topological polar surface area (TPSA) is 57.4 Å². The number of carbonyl (C=O) groups excluding carboxylic acids is 1. The molecule has 170 valence electrons. The summed E-state index contributed by atoms with van der Waals surface area (Å²) in [7, 11) is 0. The number of halogens is 1. The molecule has 0 saturated carbocycles. The number of benzene rings is 2. The highest BCUT2D eigenvalue weighted by Crippen LogP contribution is 2.22. The molecule has 2 N–H and O–H groups in total. The van der Waals surface area contributed by atoms with Crippen LogP contribution in [0, 0.1) is 11.7 Å². The molecule has 0 atom stereocenters. The summed E-state index contributed by atoms with van der Waals surface area (Å²) in [5.41, 5.74) is 3.46. The van der Waals surface area contributed by atoms with Crippen LogP contribution in [0.5, 0.6) is 0 Å². The molecule has 1 aliphatic rings. The Kier molecular flexibility index (Phi) is 7.91. The van der Waals surface area contributed by atoms with Crippen molar-refractivity contribution in [3.8, 4) is 0 Å². The van der Waals surface area contributed by atoms with Crippen molar-refractivity contribution in [2.24, 2.45) is 5.92 Å². The molecule has 32 heavy (non-hydrogen) atoms. The molecular weight excluding hydrogens is 405 g/mol. The number of aromatic nitrogens is 1. The highest BCUT2D eigenvalue weighted by molar-refractivity contribution is 5.83. The minimum Gasteiger partial charge on any atom is -0.367 e. The Morgan fingerprint density at radius 1 is 1.12 bits per heavy atom. The first-order chi connectivity index (χ1) is 15.7. The standard InChI is InChI=1S/C26H32FN3O2/c27-23-7-5-21(6-8-23)18-32-19-26(31)28-13-9-20-10-14-30(15-11-20)16-12-22-17-29-25-4-2-1-3-24(22)25/h1-8,17,20,29H,9-16,18-19H2,(H,28,31). The third kappa shape index (κ3) is 6.40. The Hall–Kier alpha value is -2.70. The Morgan fingerprint density at radius 3 is 2.72 bits per heavy atom. The van der Waals surface area contributed by atoms with Crippen LogP contribution in [0.4, 0.5) is 4.39 Å². The molecule has 2 heterocycles. The first-order valence-electron chi connectivity index (χ1n) is 11.5. The lowest BCUT2D eigenvalue weighted by molar-refractivity contribution is -0.126. The SMILES string of the molecule is O=C(COCc1ccc(F)cc1)NCCC1CCN(CCc2c[nH]c3ccccc23)CC1. The Balaban J connectivity index is 1.07. The zero-order valence-corrected chi connectivity index (χ0v) is 18.5. The van der Waals surface area contributed by atoms with Crippen LogP contribution in [0.25, 0.3) is 10.9 Å². The van der Waals surface area contributed by atoms with E-state index in [-0.39, 0.29) is 18.3 Å². The van der Waals surface area contributed by atoms with E-state index in [4.69, 9.17) is 4.74 Å². The van der Waals surface area contributed by atoms with E-state index >= 15 is 0 Å². The van der Waals surface area contributed by atoms with Gasteiger partial charge in [-0.3, -0.25) is 4.79 Å². The fourth-order valence-electron chi connectivity index (χ4n) is 4.42. The summed E-state index contributed by atoms with van der Waals surface area (Å²) in [6.45, 7) is 4.38. The van der Waals surface area contributed by atoms with Crippen molar-refractivity contribution >= 4 is 16.8 Å². The second-order valence-corrected chi connectivity index (χ2v) is 8.65. The van der Waals surface area contributed by atoms with Crippen LogP contribution in [-0.4, -0.2) is 48.6 Å². The van der Waals surface area contributed by atoms with Gasteiger partial charge in [0.1, 0.15) is 12.4 Å². The van der Waals surface area contributed by atoms with Crippen LogP contribution in [0.3, 0.4) is 0 Å². The third-order valence-electron chi connectivity index (χ3n) is 6.37. The maximum atomic E-state index is 12.9. The van der Waals surface area contributed by atoms with Crippen molar-refractivity contribution in [2.75, 3.05) is 32.8 Å². The van der Waals surface area contributed by atoms with E-state index in [1.807, 2.05) is 0 Å². The largest absolute Gasteiger partial charge is 0.367 e. The van der Waals surface area contributed by atoms with Crippen LogP contribution in [0.15, 0.2) is 54.7 Å². The summed E-state index contributed by atoms with van der Waals surface area (Å²) < 4.78 is 18.3. The predicted octanol–water partition coefficient (Wildman–Crippen LogP) is 4.28. The molecule has 1 saturated heterocycles. The minimum absolute atomic E-state index is 0.0314. The lowest BCUT2D eigenvalue weighted by atomic mass is 9.93. The number of fused-ring (bicyclic) bond motifs is 1. The molecule has 0 unspecified atom stereocenters. The molecule has 1 amide bonds. The Bertz CT molecular complexity index is 994. The summed E-state index contributed by atoms with van der Waals surface area (Å²) >= 11 is 0. The number of H-pyrrole nitrogens is 1. The van der Waals surface area contributed by atoms with Gasteiger partial charge < -0.3 is 19.9 Å². The van der Waals surface area contributed by atoms with Crippen LogP contribution in [0.2, 0.25) is 0 Å². The monoisotopic (exact) mass is 437 g/mol. The van der Waals surface area contributed by atoms with Crippen LogP contribution >= 0.6 is 0 Å². The van der Waals surface area contributed by atoms with Gasteiger partial charge in [0.05, 0.1) is 6.61 Å². The number of ether oxygens (including phenoxy) is 1. The van der Waals surface area contributed by atoms with Gasteiger partial charge in [-0.2, -0.15) is 0 Å². The summed E-state index contributed by atoms with van der Waals surface area (Å²) in [6.07, 6.45) is 6.60. The van der Waals surface area contributed by atoms with E-state index in [1.165, 1.54) is 41.4 Å². The van der Waals surface area contributed by atoms with Crippen LogP contribution in [0.1, 0.15) is 30.4 Å². The van der Waals surface area contributed by atoms with Crippen molar-refractivity contribution in [3.05, 3.63) is 71.7 Å². The molecule has 6 heteroatoms. The number of rotatable bonds is 10. The molecule has 3 aromatic rings. The van der Waals surface area contributed by atoms with E-state index in [0.717, 1.165) is 38.0 Å². The van der Waals surface area contributed by atoms with Gasteiger partial charge >= 0.3 is 0 Å². The molecule has 0 spiro atoms. The molecule has 1 aliphatic heterocycles. The van der Waals surface area contributed by atoms with Gasteiger partial charge in [0.2, 0.25) is 5.91 Å². The zero-order chi connectivity index (χ0) is 22.2. The van der Waals surface area contributed by atoms with E-state index < -0.39 is 0 Å². The second kappa shape index (κ2) is 11.2. The van der Waals surface area contributed by atoms with Crippen molar-refractivity contribution in [2.45, 2.75) is 32.3 Å². The zero-order valence-electron chi connectivity index (χ0n) is 18.5. The van der Waals surface area contributed by atoms with Gasteiger partial charge in [-0.1, -0.05) is 30.3 Å². The molecule has 0 radical (unpaired) electrons. The summed E-state index contributed by atoms with van der Waals surface area (Å²) in [5, 5.41) is 4.29. The number of para-hydroxylation sites is 1. The highest BCUT2D eigenvalue weighted by atomic mass is 19.1. The van der Waals surface area contributed by atoms with E-state index in [0.29, 0.717) is 19.1 Å². The summed E-state index contributed by atoms with van der Waals surface area (Å²) in [4.78, 5) is 17.9. The van der Waals surface area contributed by atoms with Gasteiger partial charge in [0, 0.05) is 30.2 Å². The molecule has 2 aromatic carbocycles. The highest BCUT2D eigenvalue weighted by Gasteiger charge is 2.19. The third-order valence-corrected chi connectivity index (χ3v) is 6.37. The summed E-state index contributed by atoms with van der Waals surface area (Å²) in [5.74, 6) is 0.301. The van der Waals surface area contributed by atoms with Crippen molar-refractivity contribution in [1.29, 1.82) is 0 Å². The number of carbonyl (C=O) groups is 1. The molecule has 1 fully saturated rings. The van der Waals surface area contributed by atoms with Gasteiger partial charge in [0.25, 0.3) is 0 Å². The number of piperidine rings is 1. The normalized spacial score (nSPS) is 15.3. The van der Waals surface area contributed by atoms with E-state index in [1.54, 1.807) is 12.1 Å². The molecule has 1 aromatic heterocycles. The lowest BCUT2D eigenvalue weighted by Crippen LogP contribution is -2.36. The van der Waals surface area contributed by atoms with Gasteiger partial charge in [-0.25, -0.2) is 4.39 Å². The predicted molar refractivity (Wildman–Crippen MR) is 125 cm³/mol. The van der Waals surface area contributed by atoms with Crippen molar-refractivity contribution in [1.82, 2.24) is 15.2 Å². The smallest absolute Gasteiger partial charge is 0.246 e. The second-order valence-electron chi connectivity index (χ2n) is 8.65. The first kappa shape index (κ1) is 22.5. The average molecular weight is 438 g/mol.